The number of hydrogen-bond acceptors (Lipinski definition) is 7. The first-order valence-corrected chi connectivity index (χ1v) is 10.2. The number of aryl methyl sites for hydroxylation is 1. The van der Waals surface area contributed by atoms with E-state index in [1.807, 2.05) is 6.92 Å². The molecule has 2 N–H and O–H groups in total. The molecule has 2 amide bonds. The van der Waals surface area contributed by atoms with Crippen LogP contribution in [-0.2, 0) is 4.79 Å². The van der Waals surface area contributed by atoms with E-state index in [2.05, 4.69) is 20.8 Å². The number of nitrogens with one attached hydrogen (secondary N) is 2. The minimum Gasteiger partial charge on any atom is -0.496 e. The second-order valence-electron chi connectivity index (χ2n) is 6.57. The first-order valence-electron chi connectivity index (χ1n) is 9.49. The number of halogens is 2. The number of rotatable bonds is 9. The lowest BCUT2D eigenvalue weighted by Gasteiger charge is -2.10. The first-order chi connectivity index (χ1) is 15.4. The molecular weight excluding hydrogens is 459 g/mol. The normalized spacial score (nSPS) is 10.5. The number of nitrogens with zero attached hydrogens (tertiary/aromatic N) is 2. The molecule has 0 saturated carbocycles. The smallest absolute Gasteiger partial charge is 0.316 e. The summed E-state index contributed by atoms with van der Waals surface area (Å²) in [6, 6.07) is 10.1. The van der Waals surface area contributed by atoms with Crippen molar-refractivity contribution in [2.24, 2.45) is 0 Å². The van der Waals surface area contributed by atoms with Crippen LogP contribution in [0.4, 0.5) is 0 Å². The minimum atomic E-state index is -0.577. The summed E-state index contributed by atoms with van der Waals surface area (Å²) in [7, 11) is 1.50. The van der Waals surface area contributed by atoms with Gasteiger partial charge in [0, 0.05) is 23.1 Å². The monoisotopic (exact) mass is 478 g/mol. The molecular formula is C21H20Cl2N4O5. The van der Waals surface area contributed by atoms with Gasteiger partial charge in [-0.2, -0.15) is 4.98 Å². The molecule has 0 aliphatic heterocycles. The van der Waals surface area contributed by atoms with Crippen LogP contribution >= 0.6 is 23.2 Å². The highest BCUT2D eigenvalue weighted by Gasteiger charge is 2.18. The summed E-state index contributed by atoms with van der Waals surface area (Å²) in [5, 5.41) is 10.1. The maximum absolute atomic E-state index is 12.2. The summed E-state index contributed by atoms with van der Waals surface area (Å²) in [4.78, 5) is 28.2. The Hall–Kier alpha value is -3.30. The molecule has 3 aromatic rings. The van der Waals surface area contributed by atoms with Gasteiger partial charge in [0.25, 0.3) is 5.91 Å². The number of carbonyl (C=O) groups is 2. The second kappa shape index (κ2) is 10.8. The lowest BCUT2D eigenvalue weighted by atomic mass is 10.2. The Morgan fingerprint density at radius 3 is 2.44 bits per heavy atom. The Balaban J connectivity index is 1.44. The molecule has 0 atom stereocenters. The summed E-state index contributed by atoms with van der Waals surface area (Å²) in [6.45, 7) is 2.02. The first kappa shape index (κ1) is 23.4. The highest BCUT2D eigenvalue weighted by atomic mass is 35.5. The van der Waals surface area contributed by atoms with Crippen molar-refractivity contribution in [3.63, 3.8) is 0 Å². The zero-order valence-corrected chi connectivity index (χ0v) is 18.8. The van der Waals surface area contributed by atoms with Crippen LogP contribution in [0.2, 0.25) is 10.0 Å². The SMILES string of the molecule is COc1ccc(Cl)cc1-c1noc(C(=O)NCCNC(=O)COc2ccc(Cl)cc2C)n1. The van der Waals surface area contributed by atoms with Gasteiger partial charge in [0.1, 0.15) is 11.5 Å². The number of aromatic nitrogens is 2. The summed E-state index contributed by atoms with van der Waals surface area (Å²) >= 11 is 11.9. The van der Waals surface area contributed by atoms with Crippen molar-refractivity contribution in [3.8, 4) is 22.9 Å². The molecule has 0 spiro atoms. The number of benzene rings is 2. The topological polar surface area (TPSA) is 116 Å². The molecule has 0 saturated heterocycles. The van der Waals surface area contributed by atoms with E-state index in [-0.39, 0.29) is 37.3 Å². The van der Waals surface area contributed by atoms with Crippen molar-refractivity contribution in [3.05, 3.63) is 57.9 Å². The Kier molecular flexibility index (Phi) is 7.91. The Morgan fingerprint density at radius 1 is 1.03 bits per heavy atom. The predicted molar refractivity (Wildman–Crippen MR) is 118 cm³/mol. The van der Waals surface area contributed by atoms with Gasteiger partial charge in [-0.25, -0.2) is 0 Å². The van der Waals surface area contributed by atoms with Gasteiger partial charge in [-0.15, -0.1) is 0 Å². The van der Waals surface area contributed by atoms with E-state index in [1.54, 1.807) is 36.4 Å². The number of carbonyl (C=O) groups excluding carboxylic acids is 2. The average Bonchev–Trinajstić information content (AvgIpc) is 3.26. The second-order valence-corrected chi connectivity index (χ2v) is 7.44. The fourth-order valence-corrected chi connectivity index (χ4v) is 3.10. The summed E-state index contributed by atoms with van der Waals surface area (Å²) in [5.74, 6) is 0.0865. The summed E-state index contributed by atoms with van der Waals surface area (Å²) in [6.07, 6.45) is 0. The number of amides is 2. The van der Waals surface area contributed by atoms with Crippen molar-refractivity contribution >= 4 is 35.0 Å². The van der Waals surface area contributed by atoms with Crippen LogP contribution in [0.3, 0.4) is 0 Å². The van der Waals surface area contributed by atoms with Crippen LogP contribution in [0, 0.1) is 6.92 Å². The van der Waals surface area contributed by atoms with E-state index in [4.69, 9.17) is 37.2 Å². The molecule has 0 fully saturated rings. The van der Waals surface area contributed by atoms with E-state index in [1.165, 1.54) is 7.11 Å². The Morgan fingerprint density at radius 2 is 1.72 bits per heavy atom. The van der Waals surface area contributed by atoms with E-state index >= 15 is 0 Å². The third kappa shape index (κ3) is 6.12. The third-order valence-electron chi connectivity index (χ3n) is 4.25. The van der Waals surface area contributed by atoms with Crippen molar-refractivity contribution in [2.45, 2.75) is 6.92 Å². The van der Waals surface area contributed by atoms with Gasteiger partial charge in [0.2, 0.25) is 5.82 Å². The molecule has 0 radical (unpaired) electrons. The van der Waals surface area contributed by atoms with Crippen molar-refractivity contribution < 1.29 is 23.6 Å². The van der Waals surface area contributed by atoms with Gasteiger partial charge < -0.3 is 24.6 Å². The molecule has 1 aromatic heterocycles. The van der Waals surface area contributed by atoms with E-state index in [9.17, 15) is 9.59 Å². The van der Waals surface area contributed by atoms with Crippen molar-refractivity contribution in [1.82, 2.24) is 20.8 Å². The standard InChI is InChI=1S/C21H20Cl2N4O5/c1-12-9-13(22)3-5-16(12)31-11-18(28)24-7-8-25-20(29)21-26-19(27-32-21)15-10-14(23)4-6-17(15)30-2/h3-6,9-10H,7-8,11H2,1-2H3,(H,24,28)(H,25,29). The highest BCUT2D eigenvalue weighted by Crippen LogP contribution is 2.30. The van der Waals surface area contributed by atoms with Crippen molar-refractivity contribution in [2.75, 3.05) is 26.8 Å². The van der Waals surface area contributed by atoms with Crippen LogP contribution in [0.15, 0.2) is 40.9 Å². The van der Waals surface area contributed by atoms with Gasteiger partial charge >= 0.3 is 11.8 Å². The van der Waals surface area contributed by atoms with Gasteiger partial charge in [-0.05, 0) is 48.9 Å². The zero-order valence-electron chi connectivity index (χ0n) is 17.3. The lowest BCUT2D eigenvalue weighted by molar-refractivity contribution is -0.123. The molecule has 9 nitrogen and oxygen atoms in total. The highest BCUT2D eigenvalue weighted by molar-refractivity contribution is 6.31. The van der Waals surface area contributed by atoms with Crippen LogP contribution in [0.5, 0.6) is 11.5 Å². The maximum atomic E-state index is 12.2. The van der Waals surface area contributed by atoms with Gasteiger partial charge in [-0.1, -0.05) is 28.4 Å². The van der Waals surface area contributed by atoms with Crippen LogP contribution in [0.1, 0.15) is 16.2 Å². The van der Waals surface area contributed by atoms with E-state index in [0.29, 0.717) is 27.1 Å². The van der Waals surface area contributed by atoms with E-state index in [0.717, 1.165) is 5.56 Å². The van der Waals surface area contributed by atoms with Crippen LogP contribution in [0.25, 0.3) is 11.4 Å². The maximum Gasteiger partial charge on any atom is 0.316 e. The molecule has 2 aromatic carbocycles. The van der Waals surface area contributed by atoms with Gasteiger partial charge in [0.05, 0.1) is 12.7 Å². The predicted octanol–water partition coefficient (Wildman–Crippen LogP) is 3.29. The molecule has 0 bridgehead atoms. The Labute approximate surface area is 194 Å². The number of hydrogen-bond donors (Lipinski definition) is 2. The summed E-state index contributed by atoms with van der Waals surface area (Å²) in [5.41, 5.74) is 1.32. The largest absolute Gasteiger partial charge is 0.496 e. The fraction of sp³-hybridized carbons (Fsp3) is 0.238. The molecule has 3 rings (SSSR count). The fourth-order valence-electron chi connectivity index (χ4n) is 2.70. The molecule has 32 heavy (non-hydrogen) atoms. The van der Waals surface area contributed by atoms with Gasteiger partial charge in [-0.3, -0.25) is 9.59 Å². The molecule has 0 aliphatic rings. The zero-order chi connectivity index (χ0) is 23.1. The van der Waals surface area contributed by atoms with E-state index < -0.39 is 5.91 Å². The van der Waals surface area contributed by atoms with Crippen molar-refractivity contribution in [1.29, 1.82) is 0 Å². The lowest BCUT2D eigenvalue weighted by Crippen LogP contribution is -2.36. The summed E-state index contributed by atoms with van der Waals surface area (Å²) < 4.78 is 15.7. The number of ether oxygens (including phenoxy) is 2. The average molecular weight is 479 g/mol. The number of methoxy groups -OCH3 is 1. The van der Waals surface area contributed by atoms with Gasteiger partial charge in [0.15, 0.2) is 6.61 Å². The minimum absolute atomic E-state index is 0.156. The molecule has 168 valence electrons. The molecule has 11 heteroatoms. The third-order valence-corrected chi connectivity index (χ3v) is 4.72. The quantitative estimate of drug-likeness (QED) is 0.453. The Bertz CT molecular complexity index is 1120. The van der Waals surface area contributed by atoms with Crippen LogP contribution in [-0.4, -0.2) is 48.8 Å². The van der Waals surface area contributed by atoms with Crippen LogP contribution < -0.4 is 20.1 Å². The molecule has 0 unspecified atom stereocenters. The molecule has 1 heterocycles. The molecule has 0 aliphatic carbocycles.